The van der Waals surface area contributed by atoms with E-state index < -0.39 is 0 Å². The van der Waals surface area contributed by atoms with Crippen molar-refractivity contribution in [3.63, 3.8) is 0 Å². The molecule has 0 radical (unpaired) electrons. The van der Waals surface area contributed by atoms with E-state index in [4.69, 9.17) is 9.15 Å². The van der Waals surface area contributed by atoms with Crippen molar-refractivity contribution in [1.82, 2.24) is 25.4 Å². The van der Waals surface area contributed by atoms with E-state index >= 15 is 0 Å². The monoisotopic (exact) mass is 332 g/mol. The zero-order chi connectivity index (χ0) is 16.8. The molecule has 2 aromatic heterocycles. The highest BCUT2D eigenvalue weighted by Gasteiger charge is 2.21. The Bertz CT molecular complexity index is 647. The van der Waals surface area contributed by atoms with Crippen LogP contribution in [0, 0.1) is 5.92 Å². The number of rotatable bonds is 8. The third kappa shape index (κ3) is 4.58. The number of H-pyrrole nitrogens is 1. The van der Waals surface area contributed by atoms with Crippen molar-refractivity contribution < 1.29 is 9.15 Å². The molecule has 1 fully saturated rings. The average Bonchev–Trinajstić information content (AvgIpc) is 3.06. The average molecular weight is 332 g/mol. The van der Waals surface area contributed by atoms with Crippen LogP contribution in [0.3, 0.4) is 0 Å². The fourth-order valence-corrected chi connectivity index (χ4v) is 2.28. The fourth-order valence-electron chi connectivity index (χ4n) is 2.28. The number of nitrogens with one attached hydrogen (secondary N) is 2. The minimum Gasteiger partial charge on any atom is -0.461 e. The summed E-state index contributed by atoms with van der Waals surface area (Å²) in [7, 11) is 3.75. The lowest BCUT2D eigenvalue weighted by Crippen LogP contribution is -2.40. The molecular weight excluding hydrogens is 308 g/mol. The molecule has 0 unspecified atom stereocenters. The molecule has 0 spiro atoms. The third-order valence-electron chi connectivity index (χ3n) is 3.88. The molecular formula is C16H24N6O2. The van der Waals surface area contributed by atoms with Gasteiger partial charge in [0.25, 0.3) is 0 Å². The molecule has 2 heterocycles. The van der Waals surface area contributed by atoms with Gasteiger partial charge in [0.2, 0.25) is 5.82 Å². The van der Waals surface area contributed by atoms with E-state index in [-0.39, 0.29) is 0 Å². The van der Waals surface area contributed by atoms with E-state index in [1.165, 1.54) is 12.8 Å². The summed E-state index contributed by atoms with van der Waals surface area (Å²) >= 11 is 0. The normalized spacial score (nSPS) is 14.8. The Morgan fingerprint density at radius 2 is 2.42 bits per heavy atom. The highest BCUT2D eigenvalue weighted by Crippen LogP contribution is 2.28. The van der Waals surface area contributed by atoms with Gasteiger partial charge in [0, 0.05) is 27.2 Å². The maximum atomic E-state index is 5.67. The predicted molar refractivity (Wildman–Crippen MR) is 90.5 cm³/mol. The van der Waals surface area contributed by atoms with Gasteiger partial charge < -0.3 is 19.4 Å². The standard InChI is InChI=1S/C16H24N6O2/c1-17-16(22(2)7-9-23-11-12-5-6-12)18-10-14-19-15(21-20-14)13-4-3-8-24-13/h3-4,8,12H,5-7,9-11H2,1-2H3,(H,17,18)(H,19,20,21). The Labute approximate surface area is 141 Å². The van der Waals surface area contributed by atoms with E-state index in [0.29, 0.717) is 24.7 Å². The number of hydrogen-bond acceptors (Lipinski definition) is 5. The van der Waals surface area contributed by atoms with Gasteiger partial charge >= 0.3 is 0 Å². The summed E-state index contributed by atoms with van der Waals surface area (Å²) in [6.45, 7) is 2.89. The predicted octanol–water partition coefficient (Wildman–Crippen LogP) is 1.50. The number of ether oxygens (including phenoxy) is 1. The topological polar surface area (TPSA) is 91.6 Å². The molecule has 24 heavy (non-hydrogen) atoms. The smallest absolute Gasteiger partial charge is 0.216 e. The van der Waals surface area contributed by atoms with Gasteiger partial charge in [-0.3, -0.25) is 10.1 Å². The molecule has 0 atom stereocenters. The Kier molecular flexibility index (Phi) is 5.47. The number of hydrogen-bond donors (Lipinski definition) is 2. The molecule has 1 aliphatic rings. The minimum absolute atomic E-state index is 0.508. The second-order valence-electron chi connectivity index (χ2n) is 5.92. The van der Waals surface area contributed by atoms with Crippen molar-refractivity contribution >= 4 is 5.96 Å². The number of aromatic nitrogens is 3. The maximum absolute atomic E-state index is 5.67. The van der Waals surface area contributed by atoms with Crippen molar-refractivity contribution in [2.45, 2.75) is 19.4 Å². The van der Waals surface area contributed by atoms with Gasteiger partial charge in [-0.15, -0.1) is 5.10 Å². The van der Waals surface area contributed by atoms with Gasteiger partial charge in [0.1, 0.15) is 5.82 Å². The molecule has 0 aliphatic heterocycles. The van der Waals surface area contributed by atoms with E-state index in [2.05, 4.69) is 25.5 Å². The van der Waals surface area contributed by atoms with Gasteiger partial charge in [-0.25, -0.2) is 4.98 Å². The molecule has 0 bridgehead atoms. The van der Waals surface area contributed by atoms with Crippen LogP contribution >= 0.6 is 0 Å². The molecule has 3 rings (SSSR count). The largest absolute Gasteiger partial charge is 0.461 e. The molecule has 0 aromatic carbocycles. The highest BCUT2D eigenvalue weighted by atomic mass is 16.5. The molecule has 2 N–H and O–H groups in total. The molecule has 8 nitrogen and oxygen atoms in total. The molecule has 8 heteroatoms. The summed E-state index contributed by atoms with van der Waals surface area (Å²) in [4.78, 5) is 10.7. The Morgan fingerprint density at radius 3 is 3.12 bits per heavy atom. The van der Waals surface area contributed by atoms with Crippen LogP contribution in [0.4, 0.5) is 0 Å². The Morgan fingerprint density at radius 1 is 1.54 bits per heavy atom. The minimum atomic E-state index is 0.508. The van der Waals surface area contributed by atoms with E-state index in [1.807, 2.05) is 24.1 Å². The van der Waals surface area contributed by atoms with Crippen LogP contribution in [0.2, 0.25) is 0 Å². The second-order valence-corrected chi connectivity index (χ2v) is 5.92. The summed E-state index contributed by atoms with van der Waals surface area (Å²) in [6.07, 6.45) is 4.23. The summed E-state index contributed by atoms with van der Waals surface area (Å²) in [5, 5.41) is 10.3. The zero-order valence-electron chi connectivity index (χ0n) is 14.2. The highest BCUT2D eigenvalue weighted by molar-refractivity contribution is 5.79. The van der Waals surface area contributed by atoms with E-state index in [0.717, 1.165) is 30.9 Å². The lowest BCUT2D eigenvalue weighted by Gasteiger charge is -2.21. The molecule has 2 aromatic rings. The van der Waals surface area contributed by atoms with Crippen LogP contribution in [-0.4, -0.2) is 59.9 Å². The van der Waals surface area contributed by atoms with Crippen molar-refractivity contribution in [2.24, 2.45) is 10.9 Å². The van der Waals surface area contributed by atoms with Gasteiger partial charge in [-0.1, -0.05) is 0 Å². The number of nitrogens with zero attached hydrogens (tertiary/aromatic N) is 4. The SMILES string of the molecule is CN=C(NCc1nc(-c2ccco2)n[nH]1)N(C)CCOCC1CC1. The van der Waals surface area contributed by atoms with E-state index in [1.54, 1.807) is 13.3 Å². The molecule has 0 amide bonds. The second kappa shape index (κ2) is 7.96. The Hall–Kier alpha value is -2.35. The fraction of sp³-hybridized carbons (Fsp3) is 0.562. The summed E-state index contributed by atoms with van der Waals surface area (Å²) in [5.74, 6) is 3.50. The van der Waals surface area contributed by atoms with Crippen LogP contribution in [0.25, 0.3) is 11.6 Å². The third-order valence-corrected chi connectivity index (χ3v) is 3.88. The van der Waals surface area contributed by atoms with Gasteiger partial charge in [0.15, 0.2) is 11.7 Å². The van der Waals surface area contributed by atoms with Gasteiger partial charge in [-0.2, -0.15) is 0 Å². The van der Waals surface area contributed by atoms with Crippen molar-refractivity contribution in [3.8, 4) is 11.6 Å². The first kappa shape index (κ1) is 16.5. The Balaban J connectivity index is 1.43. The van der Waals surface area contributed by atoms with Crippen LogP contribution in [0.5, 0.6) is 0 Å². The maximum Gasteiger partial charge on any atom is 0.216 e. The molecule has 1 aliphatic carbocycles. The molecule has 130 valence electrons. The number of furan rings is 1. The van der Waals surface area contributed by atoms with Crippen molar-refractivity contribution in [3.05, 3.63) is 24.2 Å². The lowest BCUT2D eigenvalue weighted by molar-refractivity contribution is 0.115. The molecule has 0 saturated heterocycles. The summed E-state index contributed by atoms with van der Waals surface area (Å²) in [6, 6.07) is 3.64. The number of aliphatic imine (C=N–C) groups is 1. The van der Waals surface area contributed by atoms with Gasteiger partial charge in [0.05, 0.1) is 19.4 Å². The number of likely N-dealkylation sites (N-methyl/N-ethyl adjacent to an activating group) is 1. The van der Waals surface area contributed by atoms with Crippen LogP contribution in [0.15, 0.2) is 27.8 Å². The number of aromatic amines is 1. The zero-order valence-corrected chi connectivity index (χ0v) is 14.2. The van der Waals surface area contributed by atoms with Crippen molar-refractivity contribution in [1.29, 1.82) is 0 Å². The van der Waals surface area contributed by atoms with Gasteiger partial charge in [-0.05, 0) is 30.9 Å². The molecule has 1 saturated carbocycles. The van der Waals surface area contributed by atoms with Crippen LogP contribution in [0.1, 0.15) is 18.7 Å². The quantitative estimate of drug-likeness (QED) is 0.432. The first-order chi connectivity index (χ1) is 11.8. The first-order valence-electron chi connectivity index (χ1n) is 8.21. The van der Waals surface area contributed by atoms with Crippen LogP contribution < -0.4 is 5.32 Å². The van der Waals surface area contributed by atoms with Crippen LogP contribution in [-0.2, 0) is 11.3 Å². The van der Waals surface area contributed by atoms with Crippen molar-refractivity contribution in [2.75, 3.05) is 33.9 Å². The summed E-state index contributed by atoms with van der Waals surface area (Å²) < 4.78 is 10.9. The first-order valence-corrected chi connectivity index (χ1v) is 8.21. The van der Waals surface area contributed by atoms with E-state index in [9.17, 15) is 0 Å². The number of guanidine groups is 1. The summed E-state index contributed by atoms with van der Waals surface area (Å²) in [5.41, 5.74) is 0. The lowest BCUT2D eigenvalue weighted by atomic mass is 10.4.